The van der Waals surface area contributed by atoms with Gasteiger partial charge in [0.15, 0.2) is 0 Å². The minimum absolute atomic E-state index is 0.0329. The van der Waals surface area contributed by atoms with Crippen molar-refractivity contribution in [3.8, 4) is 0 Å². The van der Waals surface area contributed by atoms with Crippen molar-refractivity contribution in [2.24, 2.45) is 23.3 Å². The molecule has 0 aromatic carbocycles. The highest BCUT2D eigenvalue weighted by atomic mass is 16.4. The number of carboxylic acids is 1. The molecule has 0 radical (unpaired) electrons. The molecule has 0 spiro atoms. The standard InChI is InChI=1S/C22H39N5O6/c1-5-12(3)17(20(30)26-18(22(32)33)13(4)6-2)25-19(29)15-8-7-11-27(15)21(31)14(23)9-10-16(24)28/h12-15,17-18H,5-11,23H2,1-4H3,(H2,24,28)(H,25,29)(H,26,30)(H,32,33). The second-order valence-electron chi connectivity index (χ2n) is 8.88. The van der Waals surface area contributed by atoms with Crippen LogP contribution in [0.4, 0.5) is 0 Å². The van der Waals surface area contributed by atoms with Crippen molar-refractivity contribution < 1.29 is 29.1 Å². The minimum Gasteiger partial charge on any atom is -0.480 e. The third kappa shape index (κ3) is 7.99. The van der Waals surface area contributed by atoms with E-state index in [0.717, 1.165) is 0 Å². The van der Waals surface area contributed by atoms with Crippen LogP contribution in [-0.4, -0.2) is 70.3 Å². The molecule has 11 heteroatoms. The second kappa shape index (κ2) is 13.1. The van der Waals surface area contributed by atoms with Crippen LogP contribution in [0, 0.1) is 11.8 Å². The molecule has 0 aliphatic carbocycles. The molecule has 33 heavy (non-hydrogen) atoms. The highest BCUT2D eigenvalue weighted by molar-refractivity contribution is 5.94. The third-order valence-corrected chi connectivity index (χ3v) is 6.43. The molecule has 1 rings (SSSR count). The zero-order valence-corrected chi connectivity index (χ0v) is 20.0. The van der Waals surface area contributed by atoms with E-state index in [1.807, 2.05) is 13.8 Å². The quantitative estimate of drug-likeness (QED) is 0.245. The van der Waals surface area contributed by atoms with E-state index >= 15 is 0 Å². The third-order valence-electron chi connectivity index (χ3n) is 6.43. The minimum atomic E-state index is -1.13. The molecule has 0 saturated carbocycles. The van der Waals surface area contributed by atoms with Gasteiger partial charge in [-0.1, -0.05) is 40.5 Å². The average molecular weight is 470 g/mol. The maximum atomic E-state index is 13.1. The molecule has 7 N–H and O–H groups in total. The van der Waals surface area contributed by atoms with Gasteiger partial charge in [0.1, 0.15) is 18.1 Å². The van der Waals surface area contributed by atoms with Crippen molar-refractivity contribution in [2.45, 2.75) is 90.4 Å². The lowest BCUT2D eigenvalue weighted by atomic mass is 9.95. The van der Waals surface area contributed by atoms with Crippen LogP contribution in [0.15, 0.2) is 0 Å². The maximum absolute atomic E-state index is 13.1. The predicted octanol–water partition coefficient (Wildman–Crippen LogP) is -0.283. The van der Waals surface area contributed by atoms with Crippen LogP contribution in [0.1, 0.15) is 66.2 Å². The van der Waals surface area contributed by atoms with Crippen molar-refractivity contribution in [2.75, 3.05) is 6.54 Å². The van der Waals surface area contributed by atoms with Crippen molar-refractivity contribution in [3.05, 3.63) is 0 Å². The van der Waals surface area contributed by atoms with Gasteiger partial charge in [-0.3, -0.25) is 19.2 Å². The molecular formula is C22H39N5O6. The first-order valence-electron chi connectivity index (χ1n) is 11.6. The van der Waals surface area contributed by atoms with Gasteiger partial charge in [-0.05, 0) is 31.1 Å². The fourth-order valence-electron chi connectivity index (χ4n) is 3.81. The van der Waals surface area contributed by atoms with E-state index in [9.17, 15) is 29.1 Å². The lowest BCUT2D eigenvalue weighted by Crippen LogP contribution is -2.58. The summed E-state index contributed by atoms with van der Waals surface area (Å²) < 4.78 is 0. The Balaban J connectivity index is 2.94. The van der Waals surface area contributed by atoms with Gasteiger partial charge in [0.2, 0.25) is 23.6 Å². The molecule has 11 nitrogen and oxygen atoms in total. The fraction of sp³-hybridized carbons (Fsp3) is 0.773. The van der Waals surface area contributed by atoms with E-state index in [1.165, 1.54) is 4.90 Å². The Morgan fingerprint density at radius 1 is 1.03 bits per heavy atom. The highest BCUT2D eigenvalue weighted by Crippen LogP contribution is 2.20. The van der Waals surface area contributed by atoms with E-state index < -0.39 is 53.8 Å². The summed E-state index contributed by atoms with van der Waals surface area (Å²) in [6, 6.07) is -3.76. The van der Waals surface area contributed by atoms with Crippen LogP contribution >= 0.6 is 0 Å². The summed E-state index contributed by atoms with van der Waals surface area (Å²) in [5.74, 6) is -3.74. The number of carbonyl (C=O) groups excluding carboxylic acids is 4. The van der Waals surface area contributed by atoms with Gasteiger partial charge in [0.25, 0.3) is 0 Å². The van der Waals surface area contributed by atoms with E-state index in [1.54, 1.807) is 13.8 Å². The summed E-state index contributed by atoms with van der Waals surface area (Å²) in [5, 5.41) is 14.8. The largest absolute Gasteiger partial charge is 0.480 e. The summed E-state index contributed by atoms with van der Waals surface area (Å²) >= 11 is 0. The first-order valence-corrected chi connectivity index (χ1v) is 11.6. The Morgan fingerprint density at radius 3 is 2.12 bits per heavy atom. The van der Waals surface area contributed by atoms with Gasteiger partial charge >= 0.3 is 5.97 Å². The number of hydrogen-bond donors (Lipinski definition) is 5. The Morgan fingerprint density at radius 2 is 1.61 bits per heavy atom. The van der Waals surface area contributed by atoms with Crippen LogP contribution in [0.5, 0.6) is 0 Å². The summed E-state index contributed by atoms with van der Waals surface area (Å²) in [4.78, 5) is 62.8. The van der Waals surface area contributed by atoms with E-state index in [2.05, 4.69) is 10.6 Å². The lowest BCUT2D eigenvalue weighted by molar-refractivity contribution is -0.144. The van der Waals surface area contributed by atoms with Gasteiger partial charge in [-0.25, -0.2) is 4.79 Å². The smallest absolute Gasteiger partial charge is 0.326 e. The molecule has 1 fully saturated rings. The van der Waals surface area contributed by atoms with E-state index in [-0.39, 0.29) is 24.7 Å². The molecule has 0 aromatic heterocycles. The predicted molar refractivity (Wildman–Crippen MR) is 122 cm³/mol. The summed E-state index contributed by atoms with van der Waals surface area (Å²) in [7, 11) is 0. The zero-order valence-electron chi connectivity index (χ0n) is 20.0. The van der Waals surface area contributed by atoms with Crippen molar-refractivity contribution in [1.82, 2.24) is 15.5 Å². The lowest BCUT2D eigenvalue weighted by Gasteiger charge is -2.31. The normalized spacial score (nSPS) is 20.3. The average Bonchev–Trinajstić information content (AvgIpc) is 3.27. The molecule has 1 saturated heterocycles. The molecule has 0 aromatic rings. The summed E-state index contributed by atoms with van der Waals surface area (Å²) in [5.41, 5.74) is 11.0. The highest BCUT2D eigenvalue weighted by Gasteiger charge is 2.39. The van der Waals surface area contributed by atoms with Gasteiger partial charge in [-0.2, -0.15) is 0 Å². The van der Waals surface area contributed by atoms with Crippen LogP contribution in [-0.2, 0) is 24.0 Å². The number of rotatable bonds is 13. The number of aliphatic carboxylic acids is 1. The number of nitrogens with zero attached hydrogens (tertiary/aromatic N) is 1. The Bertz CT molecular complexity index is 730. The number of primary amides is 1. The van der Waals surface area contributed by atoms with Gasteiger partial charge in [0.05, 0.1) is 6.04 Å². The zero-order chi connectivity index (χ0) is 25.3. The molecule has 6 unspecified atom stereocenters. The molecular weight excluding hydrogens is 430 g/mol. The van der Waals surface area contributed by atoms with Crippen molar-refractivity contribution in [1.29, 1.82) is 0 Å². The van der Waals surface area contributed by atoms with Crippen LogP contribution in [0.2, 0.25) is 0 Å². The van der Waals surface area contributed by atoms with Gasteiger partial charge in [0, 0.05) is 13.0 Å². The summed E-state index contributed by atoms with van der Waals surface area (Å²) in [6.45, 7) is 7.57. The molecule has 0 bridgehead atoms. The molecule has 6 atom stereocenters. The van der Waals surface area contributed by atoms with Crippen molar-refractivity contribution in [3.63, 3.8) is 0 Å². The fourth-order valence-corrected chi connectivity index (χ4v) is 3.81. The SMILES string of the molecule is CCC(C)C(NC(=O)C(NC(=O)C1CCCN1C(=O)C(N)CCC(N)=O)C(C)CC)C(=O)O. The Labute approximate surface area is 195 Å². The topological polar surface area (TPSA) is 185 Å². The number of carboxylic acid groups (broad SMARTS) is 1. The Kier molecular flexibility index (Phi) is 11.3. The molecule has 1 aliphatic heterocycles. The maximum Gasteiger partial charge on any atom is 0.326 e. The van der Waals surface area contributed by atoms with Crippen LogP contribution in [0.3, 0.4) is 0 Å². The number of hydrogen-bond acceptors (Lipinski definition) is 6. The van der Waals surface area contributed by atoms with Gasteiger partial charge in [-0.15, -0.1) is 0 Å². The van der Waals surface area contributed by atoms with Crippen molar-refractivity contribution >= 4 is 29.6 Å². The number of nitrogens with one attached hydrogen (secondary N) is 2. The number of likely N-dealkylation sites (tertiary alicyclic amines) is 1. The first-order chi connectivity index (χ1) is 15.4. The van der Waals surface area contributed by atoms with E-state index in [0.29, 0.717) is 32.2 Å². The molecule has 1 heterocycles. The molecule has 4 amide bonds. The number of carbonyl (C=O) groups is 5. The van der Waals surface area contributed by atoms with Crippen LogP contribution in [0.25, 0.3) is 0 Å². The van der Waals surface area contributed by atoms with Crippen LogP contribution < -0.4 is 22.1 Å². The summed E-state index contributed by atoms with van der Waals surface area (Å²) in [6.07, 6.45) is 2.20. The van der Waals surface area contributed by atoms with E-state index in [4.69, 9.17) is 11.5 Å². The second-order valence-corrected chi connectivity index (χ2v) is 8.88. The number of amides is 4. The first kappa shape index (κ1) is 28.3. The molecule has 188 valence electrons. The van der Waals surface area contributed by atoms with Gasteiger partial charge < -0.3 is 32.1 Å². The Hall–Kier alpha value is -2.69. The number of nitrogens with two attached hydrogens (primary N) is 2. The molecule has 1 aliphatic rings. The monoisotopic (exact) mass is 469 g/mol.